The predicted molar refractivity (Wildman–Crippen MR) is 86.6 cm³/mol. The Morgan fingerprint density at radius 2 is 1.36 bits per heavy atom. The lowest BCUT2D eigenvalue weighted by Gasteiger charge is -2.14. The van der Waals surface area contributed by atoms with Gasteiger partial charge in [0.2, 0.25) is 11.8 Å². The van der Waals surface area contributed by atoms with Crippen LogP contribution in [0.3, 0.4) is 0 Å². The van der Waals surface area contributed by atoms with E-state index in [4.69, 9.17) is 9.47 Å². The Balaban J connectivity index is 1.93. The van der Waals surface area contributed by atoms with E-state index in [1.165, 1.54) is 0 Å². The molecule has 0 N–H and O–H groups in total. The van der Waals surface area contributed by atoms with Gasteiger partial charge in [0.1, 0.15) is 13.2 Å². The molecule has 0 saturated carbocycles. The summed E-state index contributed by atoms with van der Waals surface area (Å²) in [4.78, 5) is 8.96. The van der Waals surface area contributed by atoms with Crippen molar-refractivity contribution in [2.24, 2.45) is 9.98 Å². The fourth-order valence-corrected chi connectivity index (χ4v) is 2.80. The highest BCUT2D eigenvalue weighted by Crippen LogP contribution is 2.29. The molecular weight excluding hydrogens is 276 g/mol. The molecule has 2 aliphatic heterocycles. The number of hydrogen-bond donors (Lipinski definition) is 0. The Morgan fingerprint density at radius 3 is 2.05 bits per heavy atom. The van der Waals surface area contributed by atoms with Crippen molar-refractivity contribution in [3.63, 3.8) is 0 Å². The third-order valence-electron chi connectivity index (χ3n) is 3.76. The molecule has 0 aliphatic carbocycles. The van der Waals surface area contributed by atoms with Crippen LogP contribution >= 0.6 is 0 Å². The maximum Gasteiger partial charge on any atom is 0.217 e. The molecule has 110 valence electrons. The molecule has 0 unspecified atom stereocenters. The molecule has 0 fully saturated rings. The quantitative estimate of drug-likeness (QED) is 0.873. The number of ether oxygens (including phenoxy) is 2. The predicted octanol–water partition coefficient (Wildman–Crippen LogP) is 2.91. The molecule has 4 nitrogen and oxygen atoms in total. The van der Waals surface area contributed by atoms with E-state index in [9.17, 15) is 0 Å². The molecule has 22 heavy (non-hydrogen) atoms. The van der Waals surface area contributed by atoms with Crippen molar-refractivity contribution in [2.45, 2.75) is 0 Å². The summed E-state index contributed by atoms with van der Waals surface area (Å²) in [6, 6.07) is 16.4. The number of aliphatic imine (C=N–C) groups is 2. The highest BCUT2D eigenvalue weighted by molar-refractivity contribution is 6.11. The van der Waals surface area contributed by atoms with Gasteiger partial charge < -0.3 is 9.47 Å². The van der Waals surface area contributed by atoms with E-state index in [-0.39, 0.29) is 0 Å². The van der Waals surface area contributed by atoms with Gasteiger partial charge in [-0.05, 0) is 17.2 Å². The summed E-state index contributed by atoms with van der Waals surface area (Å²) in [5.41, 5.74) is 4.17. The number of benzene rings is 2. The molecule has 0 saturated heterocycles. The maximum absolute atomic E-state index is 5.74. The molecule has 0 bridgehead atoms. The van der Waals surface area contributed by atoms with Gasteiger partial charge in [0.05, 0.1) is 18.7 Å². The summed E-state index contributed by atoms with van der Waals surface area (Å²) >= 11 is 0. The van der Waals surface area contributed by atoms with Crippen molar-refractivity contribution in [3.8, 4) is 11.1 Å². The van der Waals surface area contributed by atoms with Gasteiger partial charge in [-0.3, -0.25) is 0 Å². The number of rotatable bonds is 3. The van der Waals surface area contributed by atoms with Crippen LogP contribution in [0, 0.1) is 0 Å². The Morgan fingerprint density at radius 1 is 0.682 bits per heavy atom. The summed E-state index contributed by atoms with van der Waals surface area (Å²) in [5, 5.41) is 0. The van der Waals surface area contributed by atoms with Crippen molar-refractivity contribution in [3.05, 3.63) is 59.7 Å². The van der Waals surface area contributed by atoms with Gasteiger partial charge >= 0.3 is 0 Å². The third-order valence-corrected chi connectivity index (χ3v) is 3.76. The van der Waals surface area contributed by atoms with Crippen molar-refractivity contribution in [1.82, 2.24) is 0 Å². The molecule has 0 aromatic heterocycles. The zero-order valence-electron chi connectivity index (χ0n) is 12.2. The second kappa shape index (κ2) is 5.64. The van der Waals surface area contributed by atoms with E-state index in [1.54, 1.807) is 0 Å². The van der Waals surface area contributed by atoms with E-state index in [2.05, 4.69) is 28.2 Å². The van der Waals surface area contributed by atoms with Gasteiger partial charge in [0.25, 0.3) is 0 Å². The summed E-state index contributed by atoms with van der Waals surface area (Å²) < 4.78 is 11.4. The zero-order valence-corrected chi connectivity index (χ0v) is 12.2. The van der Waals surface area contributed by atoms with Crippen LogP contribution < -0.4 is 0 Å². The Bertz CT molecular complexity index is 751. The first-order valence-corrected chi connectivity index (χ1v) is 7.47. The Hall–Kier alpha value is -2.62. The van der Waals surface area contributed by atoms with E-state index in [0.717, 1.165) is 22.3 Å². The normalized spacial score (nSPS) is 16.7. The van der Waals surface area contributed by atoms with Gasteiger partial charge in [-0.15, -0.1) is 0 Å². The van der Waals surface area contributed by atoms with Gasteiger partial charge in [-0.1, -0.05) is 42.5 Å². The second-order valence-electron chi connectivity index (χ2n) is 5.16. The van der Waals surface area contributed by atoms with Crippen molar-refractivity contribution < 1.29 is 9.47 Å². The molecule has 4 rings (SSSR count). The second-order valence-corrected chi connectivity index (χ2v) is 5.16. The molecule has 4 heteroatoms. The van der Waals surface area contributed by atoms with Crippen LogP contribution in [-0.2, 0) is 9.47 Å². The molecule has 0 radical (unpaired) electrons. The summed E-state index contributed by atoms with van der Waals surface area (Å²) in [6.45, 7) is 2.67. The first-order chi connectivity index (χ1) is 10.9. The van der Waals surface area contributed by atoms with Gasteiger partial charge in [0, 0.05) is 5.56 Å². The lowest BCUT2D eigenvalue weighted by atomic mass is 9.95. The Kier molecular flexibility index (Phi) is 3.35. The Labute approximate surface area is 129 Å². The highest BCUT2D eigenvalue weighted by atomic mass is 16.5. The first-order valence-electron chi connectivity index (χ1n) is 7.47. The van der Waals surface area contributed by atoms with E-state index < -0.39 is 0 Å². The molecule has 0 amide bonds. The van der Waals surface area contributed by atoms with Crippen molar-refractivity contribution in [2.75, 3.05) is 26.3 Å². The van der Waals surface area contributed by atoms with E-state index >= 15 is 0 Å². The summed E-state index contributed by atoms with van der Waals surface area (Å²) in [5.74, 6) is 1.37. The highest BCUT2D eigenvalue weighted by Gasteiger charge is 2.24. The van der Waals surface area contributed by atoms with Crippen molar-refractivity contribution >= 4 is 11.8 Å². The minimum Gasteiger partial charge on any atom is -0.475 e. The molecule has 2 aliphatic rings. The topological polar surface area (TPSA) is 43.2 Å². The minimum absolute atomic E-state index is 0.630. The van der Waals surface area contributed by atoms with Crippen molar-refractivity contribution in [1.29, 1.82) is 0 Å². The molecule has 0 spiro atoms. The van der Waals surface area contributed by atoms with Crippen LogP contribution in [0.5, 0.6) is 0 Å². The SMILES string of the molecule is c1ccc(-c2cccc(C3=NCCO3)c2C2=NCCO2)cc1. The third kappa shape index (κ3) is 2.26. The molecular formula is C18H16N2O2. The molecule has 0 atom stereocenters. The number of hydrogen-bond acceptors (Lipinski definition) is 4. The molecule has 2 aromatic rings. The summed E-state index contributed by atoms with van der Waals surface area (Å²) in [6.07, 6.45) is 0. The fourth-order valence-electron chi connectivity index (χ4n) is 2.80. The van der Waals surface area contributed by atoms with Gasteiger partial charge in [0.15, 0.2) is 0 Å². The smallest absolute Gasteiger partial charge is 0.217 e. The average molecular weight is 292 g/mol. The number of nitrogens with zero attached hydrogens (tertiary/aromatic N) is 2. The largest absolute Gasteiger partial charge is 0.475 e. The average Bonchev–Trinajstić information content (AvgIpc) is 3.28. The summed E-state index contributed by atoms with van der Waals surface area (Å²) in [7, 11) is 0. The maximum atomic E-state index is 5.74. The van der Waals surface area contributed by atoms with Gasteiger partial charge in [-0.25, -0.2) is 9.98 Å². The van der Waals surface area contributed by atoms with E-state index in [1.807, 2.05) is 30.3 Å². The van der Waals surface area contributed by atoms with Crippen LogP contribution in [0.15, 0.2) is 58.5 Å². The monoisotopic (exact) mass is 292 g/mol. The van der Waals surface area contributed by atoms with Crippen LogP contribution in [0.25, 0.3) is 11.1 Å². The van der Waals surface area contributed by atoms with Crippen LogP contribution in [0.2, 0.25) is 0 Å². The molecule has 2 aromatic carbocycles. The first kappa shape index (κ1) is 13.1. The fraction of sp³-hybridized carbons (Fsp3) is 0.222. The van der Waals surface area contributed by atoms with Gasteiger partial charge in [-0.2, -0.15) is 0 Å². The lowest BCUT2D eigenvalue weighted by Crippen LogP contribution is -2.13. The zero-order chi connectivity index (χ0) is 14.8. The standard InChI is InChI=1S/C18H16N2O2/c1-2-5-13(6-3-1)14-7-4-8-15(17-19-9-11-21-17)16(14)18-20-10-12-22-18/h1-8H,9-12H2. The van der Waals surface area contributed by atoms with Crippen LogP contribution in [0.4, 0.5) is 0 Å². The lowest BCUT2D eigenvalue weighted by molar-refractivity contribution is 0.344. The van der Waals surface area contributed by atoms with Crippen LogP contribution in [-0.4, -0.2) is 38.1 Å². The van der Waals surface area contributed by atoms with E-state index in [0.29, 0.717) is 38.1 Å². The molecule has 2 heterocycles. The minimum atomic E-state index is 0.630. The van der Waals surface area contributed by atoms with Crippen LogP contribution in [0.1, 0.15) is 11.1 Å².